The average molecular weight is 339 g/mol. The van der Waals surface area contributed by atoms with Gasteiger partial charge in [0.05, 0.1) is 6.04 Å². The lowest BCUT2D eigenvalue weighted by Crippen LogP contribution is -2.61. The molecule has 1 saturated heterocycles. The van der Waals surface area contributed by atoms with Crippen LogP contribution in [0.5, 0.6) is 0 Å². The van der Waals surface area contributed by atoms with Gasteiger partial charge in [-0.05, 0) is 19.4 Å². The number of carbonyl (C=O) groups excluding carboxylic acids is 3. The van der Waals surface area contributed by atoms with E-state index < -0.39 is 48.2 Å². The van der Waals surface area contributed by atoms with Gasteiger partial charge in [0.15, 0.2) is 0 Å². The van der Waals surface area contributed by atoms with E-state index in [0.29, 0.717) is 0 Å². The fraction of sp³-hybridized carbons (Fsp3) is 0.438. The van der Waals surface area contributed by atoms with E-state index in [1.807, 2.05) is 5.32 Å². The molecule has 130 valence electrons. The van der Waals surface area contributed by atoms with Gasteiger partial charge < -0.3 is 5.73 Å². The quantitative estimate of drug-likeness (QED) is 0.800. The van der Waals surface area contributed by atoms with Crippen molar-refractivity contribution >= 4 is 17.8 Å². The third-order valence-corrected chi connectivity index (χ3v) is 3.91. The highest BCUT2D eigenvalue weighted by Gasteiger charge is 2.49. The van der Waals surface area contributed by atoms with Gasteiger partial charge in [-0.3, -0.25) is 19.8 Å². The average Bonchev–Trinajstić information content (AvgIpc) is 2.51. The van der Waals surface area contributed by atoms with E-state index in [-0.39, 0.29) is 5.56 Å². The van der Waals surface area contributed by atoms with Crippen LogP contribution in [0.2, 0.25) is 0 Å². The molecule has 6 nitrogen and oxygen atoms in total. The van der Waals surface area contributed by atoms with Crippen LogP contribution in [-0.2, 0) is 9.59 Å². The number of halogens is 2. The minimum Gasteiger partial charge on any atom is -0.319 e. The summed E-state index contributed by atoms with van der Waals surface area (Å²) in [6.45, 7) is 3.11. The molecule has 4 amide bonds. The normalized spacial score (nSPS) is 20.3. The van der Waals surface area contributed by atoms with E-state index in [1.165, 1.54) is 12.1 Å². The van der Waals surface area contributed by atoms with Crippen molar-refractivity contribution in [1.29, 1.82) is 0 Å². The van der Waals surface area contributed by atoms with Crippen molar-refractivity contribution in [1.82, 2.24) is 10.2 Å². The number of barbiturate groups is 1. The lowest BCUT2D eigenvalue weighted by Gasteiger charge is -2.35. The standard InChI is InChI=1S/C16H19F2N3O3/c1-9(2)21-14(23)11(13(22)20-15(21)24)8-16(17,18)12(19)10-6-4-3-5-7-10/h3-7,9,11-12H,8,19H2,1-2H3,(H,20,22,24). The van der Waals surface area contributed by atoms with Crippen LogP contribution in [0, 0.1) is 5.92 Å². The fourth-order valence-electron chi connectivity index (χ4n) is 2.61. The van der Waals surface area contributed by atoms with Crippen LogP contribution in [-0.4, -0.2) is 34.7 Å². The number of amides is 4. The van der Waals surface area contributed by atoms with Crippen molar-refractivity contribution < 1.29 is 23.2 Å². The van der Waals surface area contributed by atoms with Crippen LogP contribution in [0.25, 0.3) is 0 Å². The maximum atomic E-state index is 14.5. The Morgan fingerprint density at radius 2 is 1.79 bits per heavy atom. The fourth-order valence-corrected chi connectivity index (χ4v) is 2.61. The molecule has 0 saturated carbocycles. The third kappa shape index (κ3) is 3.43. The van der Waals surface area contributed by atoms with Crippen LogP contribution in [0.3, 0.4) is 0 Å². The Kier molecular flexibility index (Phi) is 4.98. The zero-order chi connectivity index (χ0) is 18.1. The highest BCUT2D eigenvalue weighted by atomic mass is 19.3. The molecule has 0 aliphatic carbocycles. The highest BCUT2D eigenvalue weighted by molar-refractivity contribution is 6.16. The Morgan fingerprint density at radius 3 is 2.33 bits per heavy atom. The summed E-state index contributed by atoms with van der Waals surface area (Å²) in [6, 6.07) is 4.60. The largest absolute Gasteiger partial charge is 0.331 e. The summed E-state index contributed by atoms with van der Waals surface area (Å²) in [5, 5.41) is 1.95. The molecule has 1 aromatic carbocycles. The lowest BCUT2D eigenvalue weighted by atomic mass is 9.90. The zero-order valence-corrected chi connectivity index (χ0v) is 13.3. The molecule has 0 bridgehead atoms. The van der Waals surface area contributed by atoms with Gasteiger partial charge in [0.1, 0.15) is 5.92 Å². The van der Waals surface area contributed by atoms with Crippen LogP contribution in [0.15, 0.2) is 30.3 Å². The van der Waals surface area contributed by atoms with Gasteiger partial charge in [-0.15, -0.1) is 0 Å². The molecule has 24 heavy (non-hydrogen) atoms. The Morgan fingerprint density at radius 1 is 1.21 bits per heavy atom. The first-order valence-electron chi connectivity index (χ1n) is 7.51. The van der Waals surface area contributed by atoms with Crippen LogP contribution in [0.4, 0.5) is 13.6 Å². The number of carbonyl (C=O) groups is 3. The van der Waals surface area contributed by atoms with Gasteiger partial charge in [-0.1, -0.05) is 30.3 Å². The van der Waals surface area contributed by atoms with Crippen molar-refractivity contribution in [3.8, 4) is 0 Å². The molecule has 0 spiro atoms. The Balaban J connectivity index is 2.22. The zero-order valence-electron chi connectivity index (χ0n) is 13.3. The van der Waals surface area contributed by atoms with Gasteiger partial charge >= 0.3 is 6.03 Å². The monoisotopic (exact) mass is 339 g/mol. The van der Waals surface area contributed by atoms with E-state index in [9.17, 15) is 23.2 Å². The predicted octanol–water partition coefficient (Wildman–Crippen LogP) is 1.81. The van der Waals surface area contributed by atoms with Gasteiger partial charge in [0, 0.05) is 12.5 Å². The number of rotatable bonds is 5. The van der Waals surface area contributed by atoms with E-state index in [1.54, 1.807) is 32.0 Å². The Labute approximate surface area is 138 Å². The summed E-state index contributed by atoms with van der Waals surface area (Å²) in [6.07, 6.45) is -1.07. The predicted molar refractivity (Wildman–Crippen MR) is 81.9 cm³/mol. The maximum absolute atomic E-state index is 14.5. The molecule has 2 unspecified atom stereocenters. The molecule has 1 aromatic rings. The maximum Gasteiger partial charge on any atom is 0.331 e. The summed E-state index contributed by atoms with van der Waals surface area (Å²) in [5.41, 5.74) is 5.83. The Bertz CT molecular complexity index is 649. The molecule has 1 aliphatic heterocycles. The minimum atomic E-state index is -3.50. The van der Waals surface area contributed by atoms with E-state index in [0.717, 1.165) is 4.90 Å². The van der Waals surface area contributed by atoms with E-state index in [4.69, 9.17) is 5.73 Å². The highest BCUT2D eigenvalue weighted by Crippen LogP contribution is 2.36. The number of hydrogen-bond donors (Lipinski definition) is 2. The first-order valence-corrected chi connectivity index (χ1v) is 7.51. The van der Waals surface area contributed by atoms with Crippen LogP contribution < -0.4 is 11.1 Å². The number of benzene rings is 1. The van der Waals surface area contributed by atoms with Gasteiger partial charge in [0.2, 0.25) is 11.8 Å². The number of nitrogens with zero attached hydrogens (tertiary/aromatic N) is 1. The van der Waals surface area contributed by atoms with Crippen molar-refractivity contribution in [3.63, 3.8) is 0 Å². The molecule has 3 N–H and O–H groups in total. The Hall–Kier alpha value is -2.35. The summed E-state index contributed by atoms with van der Waals surface area (Å²) in [7, 11) is 0. The lowest BCUT2D eigenvalue weighted by molar-refractivity contribution is -0.149. The number of nitrogens with two attached hydrogens (primary N) is 1. The molecular weight excluding hydrogens is 320 g/mol. The van der Waals surface area contributed by atoms with E-state index >= 15 is 0 Å². The second kappa shape index (κ2) is 6.64. The number of hydrogen-bond acceptors (Lipinski definition) is 4. The molecule has 1 fully saturated rings. The van der Waals surface area contributed by atoms with Crippen molar-refractivity contribution in [2.45, 2.75) is 38.3 Å². The summed E-state index contributed by atoms with van der Waals surface area (Å²) in [4.78, 5) is 36.6. The molecule has 0 aromatic heterocycles. The number of nitrogens with one attached hydrogen (secondary N) is 1. The SMILES string of the molecule is CC(C)N1C(=O)NC(=O)C(CC(F)(F)C(N)c2ccccc2)C1=O. The molecule has 1 heterocycles. The van der Waals surface area contributed by atoms with Crippen molar-refractivity contribution in [3.05, 3.63) is 35.9 Å². The third-order valence-electron chi connectivity index (χ3n) is 3.91. The second-order valence-electron chi connectivity index (χ2n) is 6.00. The van der Waals surface area contributed by atoms with Gasteiger partial charge in [0.25, 0.3) is 5.92 Å². The second-order valence-corrected chi connectivity index (χ2v) is 6.00. The molecular formula is C16H19F2N3O3. The topological polar surface area (TPSA) is 92.5 Å². The smallest absolute Gasteiger partial charge is 0.319 e. The van der Waals surface area contributed by atoms with Crippen molar-refractivity contribution in [2.24, 2.45) is 11.7 Å². The molecule has 2 rings (SSSR count). The molecule has 2 atom stereocenters. The molecule has 0 radical (unpaired) electrons. The van der Waals surface area contributed by atoms with Crippen LogP contribution in [0.1, 0.15) is 31.9 Å². The van der Waals surface area contributed by atoms with E-state index in [2.05, 4.69) is 0 Å². The molecule has 1 aliphatic rings. The minimum absolute atomic E-state index is 0.197. The van der Waals surface area contributed by atoms with Crippen molar-refractivity contribution in [2.75, 3.05) is 0 Å². The van der Waals surface area contributed by atoms with Crippen LogP contribution >= 0.6 is 0 Å². The molecule has 8 heteroatoms. The number of imide groups is 2. The number of alkyl halides is 2. The number of urea groups is 1. The summed E-state index contributed by atoms with van der Waals surface area (Å²) in [5.74, 6) is -7.11. The first kappa shape index (κ1) is 18.0. The summed E-state index contributed by atoms with van der Waals surface area (Å²) >= 11 is 0. The summed E-state index contributed by atoms with van der Waals surface area (Å²) < 4.78 is 29.0. The first-order chi connectivity index (χ1) is 11.1. The van der Waals surface area contributed by atoms with Gasteiger partial charge in [-0.25, -0.2) is 13.6 Å². The van der Waals surface area contributed by atoms with Gasteiger partial charge in [-0.2, -0.15) is 0 Å².